The Bertz CT molecular complexity index is 476. The van der Waals surface area contributed by atoms with Crippen molar-refractivity contribution in [2.45, 2.75) is 31.2 Å². The molecule has 0 fully saturated rings. The predicted octanol–water partition coefficient (Wildman–Crippen LogP) is -3.28. The van der Waals surface area contributed by atoms with Gasteiger partial charge in [0.15, 0.2) is 0 Å². The Labute approximate surface area is 149 Å². The highest BCUT2D eigenvalue weighted by Crippen LogP contribution is 1.99. The monoisotopic (exact) mass is 382 g/mol. The number of rotatable bonds is 10. The number of carboxylic acid groups (broad SMARTS) is 1. The maximum Gasteiger partial charge on any atom is 0.327 e. The van der Waals surface area contributed by atoms with Gasteiger partial charge >= 0.3 is 5.97 Å². The van der Waals surface area contributed by atoms with Gasteiger partial charge in [-0.15, -0.1) is 0 Å². The molecule has 0 saturated heterocycles. The number of hydrogen-bond acceptors (Lipinski definition) is 8. The van der Waals surface area contributed by atoms with Crippen LogP contribution in [0.3, 0.4) is 0 Å². The average molecular weight is 382 g/mol. The Morgan fingerprint density at radius 3 is 1.92 bits per heavy atom. The SMILES string of the molecule is CC(O)C(NC(=O)C(CS)NC(=O)CN)C(=O)NC(CS)C(=O)O. The summed E-state index contributed by atoms with van der Waals surface area (Å²) in [6, 6.07) is -3.77. The van der Waals surface area contributed by atoms with Gasteiger partial charge in [-0.3, -0.25) is 14.4 Å². The van der Waals surface area contributed by atoms with E-state index in [-0.39, 0.29) is 18.1 Å². The van der Waals surface area contributed by atoms with Crippen molar-refractivity contribution in [2.75, 3.05) is 18.1 Å². The summed E-state index contributed by atoms with van der Waals surface area (Å²) in [5.74, 6) is -3.82. The van der Waals surface area contributed by atoms with Crippen molar-refractivity contribution in [1.29, 1.82) is 0 Å². The van der Waals surface area contributed by atoms with Crippen molar-refractivity contribution in [2.24, 2.45) is 5.73 Å². The van der Waals surface area contributed by atoms with Crippen molar-refractivity contribution in [3.63, 3.8) is 0 Å². The fraction of sp³-hybridized carbons (Fsp3) is 0.667. The second-order valence-electron chi connectivity index (χ2n) is 4.82. The second-order valence-corrected chi connectivity index (χ2v) is 5.55. The number of hydrogen-bond donors (Lipinski definition) is 8. The van der Waals surface area contributed by atoms with Crippen LogP contribution in [0, 0.1) is 0 Å². The van der Waals surface area contributed by atoms with E-state index in [0.717, 1.165) is 0 Å². The zero-order valence-electron chi connectivity index (χ0n) is 12.9. The Hall–Kier alpha value is -1.50. The zero-order chi connectivity index (χ0) is 18.9. The molecule has 12 heteroatoms. The molecule has 0 rings (SSSR count). The second kappa shape index (κ2) is 11.1. The molecule has 0 aromatic heterocycles. The molecule has 0 aliphatic heterocycles. The number of carbonyl (C=O) groups excluding carboxylic acids is 3. The van der Waals surface area contributed by atoms with Gasteiger partial charge in [-0.1, -0.05) is 0 Å². The molecule has 0 aromatic carbocycles. The minimum atomic E-state index is -1.42. The lowest BCUT2D eigenvalue weighted by Crippen LogP contribution is -2.59. The van der Waals surface area contributed by atoms with Gasteiger partial charge in [-0.25, -0.2) is 4.79 Å². The minimum absolute atomic E-state index is 0.0693. The van der Waals surface area contributed by atoms with E-state index in [2.05, 4.69) is 41.2 Å². The van der Waals surface area contributed by atoms with Crippen LogP contribution >= 0.6 is 25.3 Å². The van der Waals surface area contributed by atoms with E-state index in [1.165, 1.54) is 6.92 Å². The standard InChI is InChI=1S/C12H22N4O6S2/c1-5(17)9(11(20)15-7(4-24)12(21)22)16-10(19)6(3-23)14-8(18)2-13/h5-7,9,17,23-24H,2-4,13H2,1H3,(H,14,18)(H,15,20)(H,16,19)(H,21,22). The maximum absolute atomic E-state index is 12.1. The molecule has 0 spiro atoms. The predicted molar refractivity (Wildman–Crippen MR) is 91.9 cm³/mol. The molecule has 0 aliphatic rings. The van der Waals surface area contributed by atoms with Crippen LogP contribution in [-0.4, -0.2) is 76.2 Å². The highest BCUT2D eigenvalue weighted by molar-refractivity contribution is 7.80. The highest BCUT2D eigenvalue weighted by atomic mass is 32.1. The molecular formula is C12H22N4O6S2. The molecule has 0 heterocycles. The number of carboxylic acids is 1. The van der Waals surface area contributed by atoms with Crippen LogP contribution in [0.4, 0.5) is 0 Å². The Morgan fingerprint density at radius 2 is 1.54 bits per heavy atom. The molecule has 0 radical (unpaired) electrons. The fourth-order valence-corrected chi connectivity index (χ4v) is 2.06. The molecule has 0 aromatic rings. The van der Waals surface area contributed by atoms with Crippen molar-refractivity contribution < 1.29 is 29.4 Å². The molecule has 0 saturated carbocycles. The smallest absolute Gasteiger partial charge is 0.327 e. The van der Waals surface area contributed by atoms with Crippen LogP contribution in [0.1, 0.15) is 6.92 Å². The number of aliphatic hydroxyl groups excluding tert-OH is 1. The van der Waals surface area contributed by atoms with Crippen LogP contribution in [0.25, 0.3) is 0 Å². The van der Waals surface area contributed by atoms with E-state index in [1.54, 1.807) is 0 Å². The average Bonchev–Trinajstić information content (AvgIpc) is 2.53. The lowest BCUT2D eigenvalue weighted by atomic mass is 10.1. The Morgan fingerprint density at radius 1 is 1.00 bits per heavy atom. The molecule has 4 atom stereocenters. The molecule has 0 bridgehead atoms. The van der Waals surface area contributed by atoms with E-state index < -0.39 is 47.9 Å². The summed E-state index contributed by atoms with van der Waals surface area (Å²) in [7, 11) is 0. The molecule has 24 heavy (non-hydrogen) atoms. The number of carbonyl (C=O) groups is 4. The number of thiol groups is 2. The molecule has 138 valence electrons. The van der Waals surface area contributed by atoms with Crippen LogP contribution in [0.2, 0.25) is 0 Å². The molecule has 0 aliphatic carbocycles. The number of nitrogens with two attached hydrogens (primary N) is 1. The van der Waals surface area contributed by atoms with Crippen molar-refractivity contribution in [1.82, 2.24) is 16.0 Å². The van der Waals surface area contributed by atoms with E-state index in [0.29, 0.717) is 0 Å². The van der Waals surface area contributed by atoms with E-state index in [9.17, 15) is 24.3 Å². The van der Waals surface area contributed by atoms with Gasteiger partial charge < -0.3 is 31.9 Å². The first-order valence-electron chi connectivity index (χ1n) is 6.90. The number of aliphatic hydroxyl groups is 1. The van der Waals surface area contributed by atoms with Crippen LogP contribution < -0.4 is 21.7 Å². The van der Waals surface area contributed by atoms with Gasteiger partial charge in [-0.05, 0) is 6.92 Å². The van der Waals surface area contributed by atoms with Crippen LogP contribution in [0.15, 0.2) is 0 Å². The quantitative estimate of drug-likeness (QED) is 0.183. The van der Waals surface area contributed by atoms with Crippen molar-refractivity contribution in [3.05, 3.63) is 0 Å². The summed E-state index contributed by atoms with van der Waals surface area (Å²) in [5, 5.41) is 25.2. The van der Waals surface area contributed by atoms with Gasteiger partial charge in [0.1, 0.15) is 18.1 Å². The molecule has 4 unspecified atom stereocenters. The Kier molecular flexibility index (Phi) is 10.4. The molecular weight excluding hydrogens is 360 g/mol. The lowest BCUT2D eigenvalue weighted by Gasteiger charge is -2.25. The van der Waals surface area contributed by atoms with Gasteiger partial charge in [0.25, 0.3) is 0 Å². The van der Waals surface area contributed by atoms with Crippen LogP contribution in [0.5, 0.6) is 0 Å². The van der Waals surface area contributed by atoms with Gasteiger partial charge in [-0.2, -0.15) is 25.3 Å². The fourth-order valence-electron chi connectivity index (χ4n) is 1.55. The topological polar surface area (TPSA) is 171 Å². The summed E-state index contributed by atoms with van der Waals surface area (Å²) in [6.45, 7) is 0.912. The summed E-state index contributed by atoms with van der Waals surface area (Å²) < 4.78 is 0. The minimum Gasteiger partial charge on any atom is -0.480 e. The van der Waals surface area contributed by atoms with Gasteiger partial charge in [0.05, 0.1) is 12.6 Å². The summed E-state index contributed by atoms with van der Waals surface area (Å²) in [4.78, 5) is 46.3. The first-order chi connectivity index (χ1) is 11.2. The number of aliphatic carboxylic acids is 1. The third-order valence-corrected chi connectivity index (χ3v) is 3.61. The third-order valence-electron chi connectivity index (χ3n) is 2.88. The van der Waals surface area contributed by atoms with Gasteiger partial charge in [0, 0.05) is 11.5 Å². The van der Waals surface area contributed by atoms with E-state index in [4.69, 9.17) is 10.8 Å². The number of amides is 3. The Balaban J connectivity index is 4.99. The summed E-state index contributed by atoms with van der Waals surface area (Å²) in [6.07, 6.45) is -1.31. The summed E-state index contributed by atoms with van der Waals surface area (Å²) >= 11 is 7.73. The van der Waals surface area contributed by atoms with E-state index >= 15 is 0 Å². The summed E-state index contributed by atoms with van der Waals surface area (Å²) in [5.41, 5.74) is 5.14. The maximum atomic E-state index is 12.1. The molecule has 7 N–H and O–H groups in total. The third kappa shape index (κ3) is 7.38. The van der Waals surface area contributed by atoms with Gasteiger partial charge in [0.2, 0.25) is 17.7 Å². The molecule has 3 amide bonds. The first kappa shape index (κ1) is 22.5. The normalized spacial score (nSPS) is 15.5. The van der Waals surface area contributed by atoms with Crippen LogP contribution in [-0.2, 0) is 19.2 Å². The molecule has 10 nitrogen and oxygen atoms in total. The van der Waals surface area contributed by atoms with Crippen molar-refractivity contribution in [3.8, 4) is 0 Å². The lowest BCUT2D eigenvalue weighted by molar-refractivity contribution is -0.142. The number of nitrogens with one attached hydrogen (secondary N) is 3. The van der Waals surface area contributed by atoms with Crippen molar-refractivity contribution >= 4 is 48.9 Å². The largest absolute Gasteiger partial charge is 0.480 e. The highest BCUT2D eigenvalue weighted by Gasteiger charge is 2.31. The zero-order valence-corrected chi connectivity index (χ0v) is 14.7. The van der Waals surface area contributed by atoms with E-state index in [1.807, 2.05) is 0 Å². The first-order valence-corrected chi connectivity index (χ1v) is 8.17.